The van der Waals surface area contributed by atoms with E-state index >= 15 is 0 Å². The molecule has 1 aromatic rings. The van der Waals surface area contributed by atoms with Crippen molar-refractivity contribution in [2.24, 2.45) is 0 Å². The van der Waals surface area contributed by atoms with Gasteiger partial charge < -0.3 is 0 Å². The van der Waals surface area contributed by atoms with Gasteiger partial charge in [-0.15, -0.1) is 11.5 Å². The number of unbranched alkanes of at least 4 members (excludes halogenated alkanes) is 1. The molecule has 0 bridgehead atoms. The van der Waals surface area contributed by atoms with Crippen LogP contribution in [0.25, 0.3) is 0 Å². The standard InChI is InChI=1S/C16H24Si/c1-5-6-10-16(13-14-17(2,3)4)15-11-8-7-9-12-15/h7-9,11-12,16H,5-6,10H2,1-4H3/t16-/m0/s1. The van der Waals surface area contributed by atoms with Gasteiger partial charge in [-0.3, -0.25) is 0 Å². The minimum atomic E-state index is -1.25. The summed E-state index contributed by atoms with van der Waals surface area (Å²) in [6.45, 7) is 9.17. The van der Waals surface area contributed by atoms with Crippen molar-refractivity contribution in [1.29, 1.82) is 0 Å². The first-order valence-electron chi connectivity index (χ1n) is 6.60. The van der Waals surface area contributed by atoms with E-state index in [1.807, 2.05) is 0 Å². The summed E-state index contributed by atoms with van der Waals surface area (Å²) < 4.78 is 0. The average molecular weight is 244 g/mol. The van der Waals surface area contributed by atoms with Crippen LogP contribution < -0.4 is 0 Å². The van der Waals surface area contributed by atoms with Gasteiger partial charge in [0.1, 0.15) is 8.07 Å². The van der Waals surface area contributed by atoms with Crippen LogP contribution in [0.15, 0.2) is 30.3 Å². The summed E-state index contributed by atoms with van der Waals surface area (Å²) in [5, 5.41) is 0. The fourth-order valence-corrected chi connectivity index (χ4v) is 2.33. The first kappa shape index (κ1) is 14.1. The van der Waals surface area contributed by atoms with Crippen LogP contribution in [0.4, 0.5) is 0 Å². The van der Waals surface area contributed by atoms with E-state index in [1.165, 1.54) is 24.8 Å². The molecule has 0 aliphatic heterocycles. The zero-order valence-corrected chi connectivity index (χ0v) is 12.6. The van der Waals surface area contributed by atoms with Crippen molar-refractivity contribution < 1.29 is 0 Å². The van der Waals surface area contributed by atoms with Gasteiger partial charge in [-0.05, 0) is 12.0 Å². The Labute approximate surface area is 107 Å². The van der Waals surface area contributed by atoms with E-state index in [1.54, 1.807) is 0 Å². The SMILES string of the molecule is CCCC[C@@H](C#C[Si](C)(C)C)c1ccccc1. The molecule has 0 aliphatic rings. The van der Waals surface area contributed by atoms with Crippen LogP contribution in [0, 0.1) is 11.5 Å². The number of benzene rings is 1. The van der Waals surface area contributed by atoms with Crippen LogP contribution in [-0.4, -0.2) is 8.07 Å². The molecule has 17 heavy (non-hydrogen) atoms. The summed E-state index contributed by atoms with van der Waals surface area (Å²) in [6, 6.07) is 10.7. The summed E-state index contributed by atoms with van der Waals surface area (Å²) in [6.07, 6.45) is 3.70. The van der Waals surface area contributed by atoms with E-state index in [-0.39, 0.29) is 0 Å². The van der Waals surface area contributed by atoms with Crippen molar-refractivity contribution in [3.05, 3.63) is 35.9 Å². The van der Waals surface area contributed by atoms with Crippen molar-refractivity contribution in [1.82, 2.24) is 0 Å². The van der Waals surface area contributed by atoms with Crippen LogP contribution in [-0.2, 0) is 0 Å². The Hall–Kier alpha value is -1.00. The second-order valence-electron chi connectivity index (χ2n) is 5.62. The summed E-state index contributed by atoms with van der Waals surface area (Å²) in [5.74, 6) is 3.96. The number of hydrogen-bond acceptors (Lipinski definition) is 0. The Balaban J connectivity index is 2.84. The summed E-state index contributed by atoms with van der Waals surface area (Å²) >= 11 is 0. The molecule has 92 valence electrons. The maximum absolute atomic E-state index is 3.52. The Morgan fingerprint density at radius 1 is 1.12 bits per heavy atom. The predicted octanol–water partition coefficient (Wildman–Crippen LogP) is 4.84. The molecule has 1 rings (SSSR count). The van der Waals surface area contributed by atoms with Crippen LogP contribution in [0.2, 0.25) is 19.6 Å². The molecule has 0 fully saturated rings. The van der Waals surface area contributed by atoms with E-state index in [2.05, 4.69) is 68.4 Å². The first-order valence-corrected chi connectivity index (χ1v) is 10.1. The fourth-order valence-electron chi connectivity index (χ4n) is 1.72. The van der Waals surface area contributed by atoms with Gasteiger partial charge in [-0.25, -0.2) is 0 Å². The predicted molar refractivity (Wildman–Crippen MR) is 79.8 cm³/mol. The quantitative estimate of drug-likeness (QED) is 0.525. The van der Waals surface area contributed by atoms with Crippen LogP contribution in [0.1, 0.15) is 37.7 Å². The molecule has 0 aliphatic carbocycles. The van der Waals surface area contributed by atoms with Crippen LogP contribution in [0.5, 0.6) is 0 Å². The summed E-state index contributed by atoms with van der Waals surface area (Å²) in [7, 11) is -1.25. The molecule has 0 heterocycles. The molecule has 0 amide bonds. The van der Waals surface area contributed by atoms with Gasteiger partial charge >= 0.3 is 0 Å². The highest BCUT2D eigenvalue weighted by Crippen LogP contribution is 2.21. The Morgan fingerprint density at radius 3 is 2.29 bits per heavy atom. The lowest BCUT2D eigenvalue weighted by Gasteiger charge is -2.12. The third-order valence-electron chi connectivity index (χ3n) is 2.67. The molecule has 0 saturated carbocycles. The molecule has 0 radical (unpaired) electrons. The first-order chi connectivity index (χ1) is 8.03. The van der Waals surface area contributed by atoms with E-state index in [0.29, 0.717) is 5.92 Å². The molecule has 0 saturated heterocycles. The molecule has 1 aromatic carbocycles. The zero-order chi connectivity index (χ0) is 12.7. The Morgan fingerprint density at radius 2 is 1.76 bits per heavy atom. The van der Waals surface area contributed by atoms with Gasteiger partial charge in [0.2, 0.25) is 0 Å². The minimum Gasteiger partial charge on any atom is -0.131 e. The maximum Gasteiger partial charge on any atom is 0.129 e. The highest BCUT2D eigenvalue weighted by molar-refractivity contribution is 6.83. The smallest absolute Gasteiger partial charge is 0.129 e. The number of rotatable bonds is 4. The van der Waals surface area contributed by atoms with Crippen molar-refractivity contribution >= 4 is 8.07 Å². The van der Waals surface area contributed by atoms with Crippen LogP contribution >= 0.6 is 0 Å². The van der Waals surface area contributed by atoms with Gasteiger partial charge in [-0.1, -0.05) is 69.7 Å². The minimum absolute atomic E-state index is 0.433. The summed E-state index contributed by atoms with van der Waals surface area (Å²) in [4.78, 5) is 0. The highest BCUT2D eigenvalue weighted by atomic mass is 28.3. The molecule has 0 nitrogen and oxygen atoms in total. The van der Waals surface area contributed by atoms with Gasteiger partial charge in [0, 0.05) is 5.92 Å². The third-order valence-corrected chi connectivity index (χ3v) is 3.56. The Kier molecular flexibility index (Phi) is 5.51. The lowest BCUT2D eigenvalue weighted by Crippen LogP contribution is -2.17. The second-order valence-corrected chi connectivity index (χ2v) is 10.4. The summed E-state index contributed by atoms with van der Waals surface area (Å²) in [5.41, 5.74) is 4.90. The molecule has 0 N–H and O–H groups in total. The number of hydrogen-bond donors (Lipinski definition) is 0. The molecule has 0 unspecified atom stereocenters. The van der Waals surface area contributed by atoms with Gasteiger partial charge in [0.05, 0.1) is 0 Å². The van der Waals surface area contributed by atoms with Crippen molar-refractivity contribution in [3.63, 3.8) is 0 Å². The van der Waals surface area contributed by atoms with Crippen molar-refractivity contribution in [2.45, 2.75) is 51.7 Å². The molecule has 1 heteroatoms. The van der Waals surface area contributed by atoms with Crippen LogP contribution in [0.3, 0.4) is 0 Å². The average Bonchev–Trinajstić information content (AvgIpc) is 2.29. The lowest BCUT2D eigenvalue weighted by molar-refractivity contribution is 0.676. The third kappa shape index (κ3) is 5.75. The molecule has 1 atom stereocenters. The van der Waals surface area contributed by atoms with Crippen molar-refractivity contribution in [3.8, 4) is 11.5 Å². The lowest BCUT2D eigenvalue weighted by atomic mass is 9.95. The topological polar surface area (TPSA) is 0 Å². The van der Waals surface area contributed by atoms with Crippen molar-refractivity contribution in [2.75, 3.05) is 0 Å². The molecule has 0 aromatic heterocycles. The normalized spacial score (nSPS) is 12.7. The van der Waals surface area contributed by atoms with Gasteiger partial charge in [0.15, 0.2) is 0 Å². The molecule has 0 spiro atoms. The monoisotopic (exact) mass is 244 g/mol. The molecular weight excluding hydrogens is 220 g/mol. The van der Waals surface area contributed by atoms with Gasteiger partial charge in [0.25, 0.3) is 0 Å². The van der Waals surface area contributed by atoms with E-state index in [4.69, 9.17) is 0 Å². The second kappa shape index (κ2) is 6.66. The molecular formula is C16H24Si. The van der Waals surface area contributed by atoms with E-state index in [9.17, 15) is 0 Å². The maximum atomic E-state index is 3.52. The highest BCUT2D eigenvalue weighted by Gasteiger charge is 2.11. The zero-order valence-electron chi connectivity index (χ0n) is 11.6. The van der Waals surface area contributed by atoms with E-state index < -0.39 is 8.07 Å². The Bertz CT molecular complexity index is 375. The fraction of sp³-hybridized carbons (Fsp3) is 0.500. The largest absolute Gasteiger partial charge is 0.131 e. The van der Waals surface area contributed by atoms with E-state index in [0.717, 1.165) is 0 Å². The van der Waals surface area contributed by atoms with Gasteiger partial charge in [-0.2, -0.15) is 0 Å².